The Morgan fingerprint density at radius 1 is 1.10 bits per heavy atom. The highest BCUT2D eigenvalue weighted by atomic mass is 79.9. The van der Waals surface area contributed by atoms with Crippen LogP contribution in [0.4, 0.5) is 5.69 Å². The first-order valence-electron chi connectivity index (χ1n) is 6.52. The third-order valence-corrected chi connectivity index (χ3v) is 4.15. The molecule has 1 aromatic heterocycles. The number of hydrogen-bond donors (Lipinski definition) is 1. The lowest BCUT2D eigenvalue weighted by Gasteiger charge is -2.06. The van der Waals surface area contributed by atoms with Crippen LogP contribution < -0.4 is 5.73 Å². The average Bonchev–Trinajstić information content (AvgIpc) is 2.92. The molecular weight excluding hydrogens is 330 g/mol. The van der Waals surface area contributed by atoms with E-state index in [1.54, 1.807) is 0 Å². The zero-order valence-corrected chi connectivity index (χ0v) is 13.3. The van der Waals surface area contributed by atoms with Gasteiger partial charge >= 0.3 is 0 Å². The molecular formula is C16H14BrN3O. The van der Waals surface area contributed by atoms with Gasteiger partial charge in [0.2, 0.25) is 5.82 Å². The lowest BCUT2D eigenvalue weighted by molar-refractivity contribution is 0.432. The van der Waals surface area contributed by atoms with E-state index < -0.39 is 0 Å². The van der Waals surface area contributed by atoms with Crippen LogP contribution in [0.25, 0.3) is 22.8 Å². The van der Waals surface area contributed by atoms with E-state index in [9.17, 15) is 0 Å². The predicted octanol–water partition coefficient (Wildman–Crippen LogP) is 4.37. The Hall–Kier alpha value is -2.14. The van der Waals surface area contributed by atoms with Crippen molar-refractivity contribution >= 4 is 21.6 Å². The zero-order valence-electron chi connectivity index (χ0n) is 11.7. The third kappa shape index (κ3) is 2.56. The summed E-state index contributed by atoms with van der Waals surface area (Å²) in [6.45, 7) is 4.03. The largest absolute Gasteiger partial charge is 0.399 e. The number of anilines is 1. The lowest BCUT2D eigenvalue weighted by Crippen LogP contribution is -1.93. The Bertz CT molecular complexity index is 811. The smallest absolute Gasteiger partial charge is 0.258 e. The summed E-state index contributed by atoms with van der Waals surface area (Å²) in [7, 11) is 0. The molecule has 1 heterocycles. The van der Waals surface area contributed by atoms with Gasteiger partial charge in [-0.1, -0.05) is 33.2 Å². The molecule has 3 rings (SSSR count). The number of rotatable bonds is 2. The normalized spacial score (nSPS) is 10.8. The first-order chi connectivity index (χ1) is 10.1. The van der Waals surface area contributed by atoms with Crippen molar-refractivity contribution in [1.29, 1.82) is 0 Å². The summed E-state index contributed by atoms with van der Waals surface area (Å²) in [6, 6.07) is 11.6. The van der Waals surface area contributed by atoms with Crippen molar-refractivity contribution in [2.75, 3.05) is 5.73 Å². The highest BCUT2D eigenvalue weighted by Gasteiger charge is 2.15. The third-order valence-electron chi connectivity index (χ3n) is 3.46. The molecule has 0 spiro atoms. The van der Waals surface area contributed by atoms with Crippen LogP contribution in [-0.4, -0.2) is 10.1 Å². The summed E-state index contributed by atoms with van der Waals surface area (Å²) < 4.78 is 6.34. The Morgan fingerprint density at radius 2 is 1.86 bits per heavy atom. The maximum Gasteiger partial charge on any atom is 0.258 e. The van der Waals surface area contributed by atoms with Gasteiger partial charge in [-0.05, 0) is 49.2 Å². The molecule has 5 heteroatoms. The highest BCUT2D eigenvalue weighted by molar-refractivity contribution is 9.10. The van der Waals surface area contributed by atoms with Gasteiger partial charge in [0, 0.05) is 21.3 Å². The fourth-order valence-electron chi connectivity index (χ4n) is 2.19. The molecule has 0 atom stereocenters. The van der Waals surface area contributed by atoms with Gasteiger partial charge in [0.25, 0.3) is 5.89 Å². The van der Waals surface area contributed by atoms with Crippen molar-refractivity contribution in [3.63, 3.8) is 0 Å². The van der Waals surface area contributed by atoms with E-state index >= 15 is 0 Å². The van der Waals surface area contributed by atoms with Crippen LogP contribution in [0.3, 0.4) is 0 Å². The number of benzene rings is 2. The van der Waals surface area contributed by atoms with Gasteiger partial charge < -0.3 is 10.3 Å². The van der Waals surface area contributed by atoms with E-state index in [-0.39, 0.29) is 0 Å². The van der Waals surface area contributed by atoms with Gasteiger partial charge in [-0.15, -0.1) is 0 Å². The Morgan fingerprint density at radius 3 is 2.62 bits per heavy atom. The number of nitrogens with zero attached hydrogens (tertiary/aromatic N) is 2. The molecule has 0 fully saturated rings. The standard InChI is InChI=1S/C16H14BrN3O/c1-9-7-11(18)8-13(10(9)2)16-19-15(20-21-16)12-5-3-4-6-14(12)17/h3-8H,18H2,1-2H3. The molecule has 0 saturated carbocycles. The maximum absolute atomic E-state index is 5.91. The van der Waals surface area contributed by atoms with Gasteiger partial charge in [0.1, 0.15) is 0 Å². The van der Waals surface area contributed by atoms with Crippen molar-refractivity contribution in [2.24, 2.45) is 0 Å². The van der Waals surface area contributed by atoms with Gasteiger partial charge in [-0.2, -0.15) is 4.98 Å². The molecule has 4 nitrogen and oxygen atoms in total. The number of aromatic nitrogens is 2. The van der Waals surface area contributed by atoms with Gasteiger partial charge in [-0.25, -0.2) is 0 Å². The van der Waals surface area contributed by atoms with E-state index in [1.807, 2.05) is 50.2 Å². The molecule has 0 aliphatic rings. The number of nitrogen functional groups attached to an aromatic ring is 1. The maximum atomic E-state index is 5.91. The molecule has 0 bridgehead atoms. The minimum absolute atomic E-state index is 0.480. The van der Waals surface area contributed by atoms with Crippen LogP contribution in [0.1, 0.15) is 11.1 Å². The van der Waals surface area contributed by atoms with Crippen LogP contribution in [0, 0.1) is 13.8 Å². The summed E-state index contributed by atoms with van der Waals surface area (Å²) in [5.41, 5.74) is 10.6. The number of aryl methyl sites for hydroxylation is 1. The molecule has 0 aliphatic carbocycles. The minimum Gasteiger partial charge on any atom is -0.399 e. The molecule has 106 valence electrons. The molecule has 0 amide bonds. The molecule has 0 saturated heterocycles. The highest BCUT2D eigenvalue weighted by Crippen LogP contribution is 2.30. The Kier molecular flexibility index (Phi) is 3.51. The molecule has 0 aliphatic heterocycles. The van der Waals surface area contributed by atoms with Gasteiger partial charge in [0.15, 0.2) is 0 Å². The Balaban J connectivity index is 2.09. The van der Waals surface area contributed by atoms with Gasteiger partial charge in [0.05, 0.1) is 0 Å². The first-order valence-corrected chi connectivity index (χ1v) is 7.31. The van der Waals surface area contributed by atoms with E-state index in [4.69, 9.17) is 10.3 Å². The van der Waals surface area contributed by atoms with Crippen molar-refractivity contribution in [3.8, 4) is 22.8 Å². The van der Waals surface area contributed by atoms with E-state index in [0.29, 0.717) is 17.4 Å². The number of hydrogen-bond acceptors (Lipinski definition) is 4. The SMILES string of the molecule is Cc1cc(N)cc(-c2nc(-c3ccccc3Br)no2)c1C. The number of nitrogens with two attached hydrogens (primary N) is 1. The van der Waals surface area contributed by atoms with Crippen molar-refractivity contribution in [3.05, 3.63) is 52.0 Å². The second-order valence-corrected chi connectivity index (χ2v) is 5.77. The predicted molar refractivity (Wildman–Crippen MR) is 86.8 cm³/mol. The molecule has 0 unspecified atom stereocenters. The van der Waals surface area contributed by atoms with E-state index in [1.165, 1.54) is 0 Å². The van der Waals surface area contributed by atoms with Crippen molar-refractivity contribution in [1.82, 2.24) is 10.1 Å². The fraction of sp³-hybridized carbons (Fsp3) is 0.125. The summed E-state index contributed by atoms with van der Waals surface area (Å²) in [5.74, 6) is 1.03. The summed E-state index contributed by atoms with van der Waals surface area (Å²) in [5, 5.41) is 4.07. The van der Waals surface area contributed by atoms with Crippen LogP contribution in [0.5, 0.6) is 0 Å². The zero-order chi connectivity index (χ0) is 15.0. The van der Waals surface area contributed by atoms with Crippen LogP contribution in [0.15, 0.2) is 45.4 Å². The van der Waals surface area contributed by atoms with E-state index in [0.717, 1.165) is 26.7 Å². The van der Waals surface area contributed by atoms with Gasteiger partial charge in [-0.3, -0.25) is 0 Å². The van der Waals surface area contributed by atoms with Crippen LogP contribution >= 0.6 is 15.9 Å². The topological polar surface area (TPSA) is 64.9 Å². The Labute approximate surface area is 131 Å². The number of halogens is 1. The second-order valence-electron chi connectivity index (χ2n) is 4.91. The summed E-state index contributed by atoms with van der Waals surface area (Å²) in [6.07, 6.45) is 0. The monoisotopic (exact) mass is 343 g/mol. The fourth-order valence-corrected chi connectivity index (χ4v) is 2.66. The quantitative estimate of drug-likeness (QED) is 0.702. The first kappa shape index (κ1) is 13.8. The van der Waals surface area contributed by atoms with E-state index in [2.05, 4.69) is 26.1 Å². The van der Waals surface area contributed by atoms with Crippen LogP contribution in [0.2, 0.25) is 0 Å². The van der Waals surface area contributed by atoms with Crippen molar-refractivity contribution in [2.45, 2.75) is 13.8 Å². The molecule has 2 N–H and O–H groups in total. The molecule has 0 radical (unpaired) electrons. The molecule has 21 heavy (non-hydrogen) atoms. The average molecular weight is 344 g/mol. The minimum atomic E-state index is 0.480. The lowest BCUT2D eigenvalue weighted by atomic mass is 10.0. The second kappa shape index (κ2) is 5.33. The molecule has 3 aromatic rings. The molecule has 2 aromatic carbocycles. The summed E-state index contributed by atoms with van der Waals surface area (Å²) in [4.78, 5) is 4.49. The summed E-state index contributed by atoms with van der Waals surface area (Å²) >= 11 is 3.49. The van der Waals surface area contributed by atoms with Crippen molar-refractivity contribution < 1.29 is 4.52 Å². The van der Waals surface area contributed by atoms with Crippen LogP contribution in [-0.2, 0) is 0 Å².